The molecular weight excluding hydrogens is 270 g/mol. The summed E-state index contributed by atoms with van der Waals surface area (Å²) in [6.45, 7) is 0. The Morgan fingerprint density at radius 3 is 2.64 bits per heavy atom. The minimum atomic E-state index is 0.0946. The SMILES string of the molecule is COc1ccccc1CCC(N)c1ccc2c(c1)CCCC2. The Labute approximate surface area is 133 Å². The van der Waals surface area contributed by atoms with Crippen molar-refractivity contribution in [3.8, 4) is 5.75 Å². The van der Waals surface area contributed by atoms with Gasteiger partial charge in [0, 0.05) is 6.04 Å². The summed E-state index contributed by atoms with van der Waals surface area (Å²) >= 11 is 0. The number of aryl methyl sites for hydroxylation is 3. The third-order valence-electron chi connectivity index (χ3n) is 4.72. The van der Waals surface area contributed by atoms with Gasteiger partial charge in [-0.3, -0.25) is 0 Å². The van der Waals surface area contributed by atoms with E-state index in [1.807, 2.05) is 12.1 Å². The van der Waals surface area contributed by atoms with Crippen LogP contribution in [0.15, 0.2) is 42.5 Å². The van der Waals surface area contributed by atoms with Crippen LogP contribution in [-0.4, -0.2) is 7.11 Å². The van der Waals surface area contributed by atoms with E-state index in [9.17, 15) is 0 Å². The lowest BCUT2D eigenvalue weighted by Gasteiger charge is -2.19. The van der Waals surface area contributed by atoms with Crippen LogP contribution >= 0.6 is 0 Å². The molecule has 0 aliphatic heterocycles. The topological polar surface area (TPSA) is 35.2 Å². The minimum Gasteiger partial charge on any atom is -0.496 e. The van der Waals surface area contributed by atoms with Crippen molar-refractivity contribution in [3.05, 3.63) is 64.7 Å². The van der Waals surface area contributed by atoms with Gasteiger partial charge in [-0.1, -0.05) is 36.4 Å². The molecule has 0 aromatic heterocycles. The fraction of sp³-hybridized carbons (Fsp3) is 0.400. The van der Waals surface area contributed by atoms with E-state index in [-0.39, 0.29) is 6.04 Å². The first-order chi connectivity index (χ1) is 10.8. The van der Waals surface area contributed by atoms with Crippen LogP contribution in [0.3, 0.4) is 0 Å². The zero-order chi connectivity index (χ0) is 15.4. The summed E-state index contributed by atoms with van der Waals surface area (Å²) in [6, 6.07) is 15.1. The van der Waals surface area contributed by atoms with Crippen molar-refractivity contribution in [1.82, 2.24) is 0 Å². The summed E-state index contributed by atoms with van der Waals surface area (Å²) in [5.41, 5.74) is 12.0. The molecule has 116 valence electrons. The highest BCUT2D eigenvalue weighted by Gasteiger charge is 2.13. The van der Waals surface area contributed by atoms with E-state index < -0.39 is 0 Å². The van der Waals surface area contributed by atoms with Gasteiger partial charge in [-0.05, 0) is 66.8 Å². The highest BCUT2D eigenvalue weighted by molar-refractivity contribution is 5.36. The van der Waals surface area contributed by atoms with Gasteiger partial charge in [-0.2, -0.15) is 0 Å². The molecule has 3 rings (SSSR count). The number of ether oxygens (including phenoxy) is 1. The van der Waals surface area contributed by atoms with Gasteiger partial charge in [0.2, 0.25) is 0 Å². The monoisotopic (exact) mass is 295 g/mol. The lowest BCUT2D eigenvalue weighted by atomic mass is 9.88. The Balaban J connectivity index is 1.68. The predicted molar refractivity (Wildman–Crippen MR) is 91.3 cm³/mol. The number of hydrogen-bond donors (Lipinski definition) is 1. The molecule has 2 nitrogen and oxygen atoms in total. The molecule has 22 heavy (non-hydrogen) atoms. The molecule has 2 heteroatoms. The summed E-state index contributed by atoms with van der Waals surface area (Å²) in [4.78, 5) is 0. The summed E-state index contributed by atoms with van der Waals surface area (Å²) < 4.78 is 5.42. The molecule has 2 aromatic carbocycles. The van der Waals surface area contributed by atoms with E-state index in [4.69, 9.17) is 10.5 Å². The Kier molecular flexibility index (Phi) is 4.79. The lowest BCUT2D eigenvalue weighted by Crippen LogP contribution is -2.13. The number of para-hydroxylation sites is 1. The van der Waals surface area contributed by atoms with Crippen molar-refractivity contribution in [2.45, 2.75) is 44.6 Å². The van der Waals surface area contributed by atoms with Gasteiger partial charge < -0.3 is 10.5 Å². The number of rotatable bonds is 5. The Morgan fingerprint density at radius 2 is 1.82 bits per heavy atom. The maximum absolute atomic E-state index is 6.43. The van der Waals surface area contributed by atoms with Crippen LogP contribution in [0.5, 0.6) is 5.75 Å². The van der Waals surface area contributed by atoms with Gasteiger partial charge in [-0.15, -0.1) is 0 Å². The first-order valence-electron chi connectivity index (χ1n) is 8.27. The van der Waals surface area contributed by atoms with Crippen molar-refractivity contribution in [1.29, 1.82) is 0 Å². The van der Waals surface area contributed by atoms with Gasteiger partial charge >= 0.3 is 0 Å². The molecule has 1 aliphatic carbocycles. The van der Waals surface area contributed by atoms with Crippen LogP contribution in [0.25, 0.3) is 0 Å². The number of nitrogens with two attached hydrogens (primary N) is 1. The molecule has 0 saturated carbocycles. The average Bonchev–Trinajstić information content (AvgIpc) is 2.59. The van der Waals surface area contributed by atoms with E-state index >= 15 is 0 Å². The van der Waals surface area contributed by atoms with Crippen molar-refractivity contribution >= 4 is 0 Å². The molecule has 2 N–H and O–H groups in total. The van der Waals surface area contributed by atoms with Crippen LogP contribution in [0.4, 0.5) is 0 Å². The van der Waals surface area contributed by atoms with Crippen LogP contribution in [-0.2, 0) is 19.3 Å². The molecule has 2 aromatic rings. The third kappa shape index (κ3) is 3.33. The normalized spacial score (nSPS) is 15.2. The number of hydrogen-bond acceptors (Lipinski definition) is 2. The molecule has 0 saturated heterocycles. The smallest absolute Gasteiger partial charge is 0.122 e. The van der Waals surface area contributed by atoms with Crippen molar-refractivity contribution in [2.24, 2.45) is 5.73 Å². The minimum absolute atomic E-state index is 0.0946. The molecule has 1 aliphatic rings. The van der Waals surface area contributed by atoms with Crippen LogP contribution in [0, 0.1) is 0 Å². The zero-order valence-electron chi connectivity index (χ0n) is 13.3. The third-order valence-corrected chi connectivity index (χ3v) is 4.72. The van der Waals surface area contributed by atoms with Crippen LogP contribution in [0.2, 0.25) is 0 Å². The molecule has 0 heterocycles. The van der Waals surface area contributed by atoms with E-state index in [2.05, 4.69) is 30.3 Å². The predicted octanol–water partition coefficient (Wildman–Crippen LogP) is 4.21. The summed E-state index contributed by atoms with van der Waals surface area (Å²) in [5.74, 6) is 0.958. The summed E-state index contributed by atoms with van der Waals surface area (Å²) in [5, 5.41) is 0. The Morgan fingerprint density at radius 1 is 1.05 bits per heavy atom. The van der Waals surface area contributed by atoms with Crippen molar-refractivity contribution in [2.75, 3.05) is 7.11 Å². The van der Waals surface area contributed by atoms with Gasteiger partial charge in [0.05, 0.1) is 7.11 Å². The standard InChI is InChI=1S/C20H25NO/c1-22-20-9-5-4-7-16(20)12-13-19(21)18-11-10-15-6-2-3-8-17(15)14-18/h4-5,7,9-11,14,19H,2-3,6,8,12-13,21H2,1H3. The fourth-order valence-electron chi connectivity index (χ4n) is 3.37. The van der Waals surface area contributed by atoms with Gasteiger partial charge in [0.15, 0.2) is 0 Å². The highest BCUT2D eigenvalue weighted by atomic mass is 16.5. The molecule has 1 atom stereocenters. The second-order valence-corrected chi connectivity index (χ2v) is 6.19. The average molecular weight is 295 g/mol. The number of benzene rings is 2. The molecule has 0 fully saturated rings. The van der Waals surface area contributed by atoms with Gasteiger partial charge in [0.25, 0.3) is 0 Å². The van der Waals surface area contributed by atoms with Crippen molar-refractivity contribution < 1.29 is 4.74 Å². The number of methoxy groups -OCH3 is 1. The van der Waals surface area contributed by atoms with E-state index in [0.717, 1.165) is 18.6 Å². The van der Waals surface area contributed by atoms with Gasteiger partial charge in [-0.25, -0.2) is 0 Å². The first kappa shape index (κ1) is 15.1. The summed E-state index contributed by atoms with van der Waals surface area (Å²) in [6.07, 6.45) is 6.97. The van der Waals surface area contributed by atoms with Crippen molar-refractivity contribution in [3.63, 3.8) is 0 Å². The van der Waals surface area contributed by atoms with E-state index in [1.165, 1.54) is 47.9 Å². The Bertz CT molecular complexity index is 635. The molecule has 0 amide bonds. The maximum atomic E-state index is 6.43. The van der Waals surface area contributed by atoms with Crippen LogP contribution < -0.4 is 10.5 Å². The van der Waals surface area contributed by atoms with Gasteiger partial charge in [0.1, 0.15) is 5.75 Å². The zero-order valence-corrected chi connectivity index (χ0v) is 13.3. The molecule has 1 unspecified atom stereocenters. The second kappa shape index (κ2) is 6.97. The van der Waals surface area contributed by atoms with Crippen LogP contribution in [0.1, 0.15) is 47.6 Å². The quantitative estimate of drug-likeness (QED) is 0.897. The van der Waals surface area contributed by atoms with E-state index in [1.54, 1.807) is 7.11 Å². The lowest BCUT2D eigenvalue weighted by molar-refractivity contribution is 0.408. The summed E-state index contributed by atoms with van der Waals surface area (Å²) in [7, 11) is 1.72. The molecule has 0 spiro atoms. The molecule has 0 radical (unpaired) electrons. The van der Waals surface area contributed by atoms with E-state index in [0.29, 0.717) is 0 Å². The molecule has 0 bridgehead atoms. The Hall–Kier alpha value is -1.80. The maximum Gasteiger partial charge on any atom is 0.122 e. The second-order valence-electron chi connectivity index (χ2n) is 6.19. The first-order valence-corrected chi connectivity index (χ1v) is 8.27. The number of fused-ring (bicyclic) bond motifs is 1. The molecular formula is C20H25NO. The largest absolute Gasteiger partial charge is 0.496 e. The highest BCUT2D eigenvalue weighted by Crippen LogP contribution is 2.27. The fourth-order valence-corrected chi connectivity index (χ4v) is 3.37.